The summed E-state index contributed by atoms with van der Waals surface area (Å²) in [4.78, 5) is 42.2. The number of phenols is 1. The fourth-order valence-corrected chi connectivity index (χ4v) is 4.09. The zero-order valence-corrected chi connectivity index (χ0v) is 18.8. The Morgan fingerprint density at radius 2 is 1.38 bits per heavy atom. The number of phenolic OH excluding ortho intramolecular Hbond substituents is 1. The van der Waals surface area contributed by atoms with E-state index in [2.05, 4.69) is 0 Å². The maximum Gasteiger partial charge on any atom is 0.238 e. The molecule has 0 aromatic heterocycles. The molecule has 7 nitrogen and oxygen atoms in total. The van der Waals surface area contributed by atoms with Gasteiger partial charge >= 0.3 is 0 Å². The number of hydrogen-bond donors (Lipinski definition) is 2. The molecule has 0 saturated carbocycles. The zero-order chi connectivity index (χ0) is 23.6. The lowest BCUT2D eigenvalue weighted by atomic mass is 9.96. The van der Waals surface area contributed by atoms with Crippen LogP contribution in [0, 0.1) is 0 Å². The quantitative estimate of drug-likeness (QED) is 0.500. The van der Waals surface area contributed by atoms with Gasteiger partial charge in [-0.2, -0.15) is 0 Å². The van der Waals surface area contributed by atoms with E-state index in [0.717, 1.165) is 18.8 Å². The van der Waals surface area contributed by atoms with Crippen molar-refractivity contribution >= 4 is 28.6 Å². The number of hydrogen-bond acceptors (Lipinski definition) is 7. The fourth-order valence-electron chi connectivity index (χ4n) is 4.09. The molecular formula is C25H28N2O5. The van der Waals surface area contributed by atoms with Gasteiger partial charge < -0.3 is 20.0 Å². The van der Waals surface area contributed by atoms with Crippen molar-refractivity contribution < 1.29 is 24.6 Å². The van der Waals surface area contributed by atoms with Gasteiger partial charge in [-0.15, -0.1) is 0 Å². The number of aromatic hydroxyl groups is 1. The second-order valence-electron chi connectivity index (χ2n) is 7.48. The molecule has 0 radical (unpaired) electrons. The molecule has 0 unspecified atom stereocenters. The van der Waals surface area contributed by atoms with E-state index in [-0.39, 0.29) is 28.0 Å². The van der Waals surface area contributed by atoms with Crippen molar-refractivity contribution in [2.24, 2.45) is 0 Å². The first-order chi connectivity index (χ1) is 15.3. The number of nitrogens with zero attached hydrogens (tertiary/aromatic N) is 2. The van der Waals surface area contributed by atoms with E-state index in [4.69, 9.17) is 0 Å². The molecule has 0 heterocycles. The Balaban J connectivity index is 2.07. The summed E-state index contributed by atoms with van der Waals surface area (Å²) in [6, 6.07) is 4.72. The average Bonchev–Trinajstić information content (AvgIpc) is 2.99. The summed E-state index contributed by atoms with van der Waals surface area (Å²) in [6.45, 7) is 10.8. The molecule has 32 heavy (non-hydrogen) atoms. The van der Waals surface area contributed by atoms with Crippen LogP contribution in [0.3, 0.4) is 0 Å². The standard InChI is InChI=1S/C25H28N2O5/c1-5-26(6-2)15-9-11-17(19(28)13-15)21-23(30)22(25(32)24(21)31)18-12-10-16(14-20(18)29)27(7-3)8-4/h9-14,28,30H,5-8H2,1-4H3. The molecule has 0 bridgehead atoms. The van der Waals surface area contributed by atoms with E-state index in [1.54, 1.807) is 12.1 Å². The second-order valence-corrected chi connectivity index (χ2v) is 7.48. The minimum Gasteiger partial charge on any atom is -0.507 e. The van der Waals surface area contributed by atoms with Crippen LogP contribution in [-0.2, 0) is 14.4 Å². The molecule has 0 amide bonds. The van der Waals surface area contributed by atoms with Gasteiger partial charge in [0.25, 0.3) is 0 Å². The van der Waals surface area contributed by atoms with Crippen LogP contribution in [0.1, 0.15) is 33.3 Å². The number of ketones is 3. The number of carbonyl (C=O) groups is 3. The normalized spacial score (nSPS) is 18.5. The molecule has 0 fully saturated rings. The molecule has 0 aliphatic heterocycles. The maximum atomic E-state index is 12.8. The number of aliphatic hydroxyl groups is 1. The summed E-state index contributed by atoms with van der Waals surface area (Å²) in [7, 11) is 0. The summed E-state index contributed by atoms with van der Waals surface area (Å²) in [5.41, 5.74) is 0.861. The largest absolute Gasteiger partial charge is 0.507 e. The summed E-state index contributed by atoms with van der Waals surface area (Å²) < 4.78 is 0. The van der Waals surface area contributed by atoms with E-state index < -0.39 is 23.1 Å². The van der Waals surface area contributed by atoms with Crippen LogP contribution in [0.4, 0.5) is 5.69 Å². The lowest BCUT2D eigenvalue weighted by molar-refractivity contribution is -0.130. The zero-order valence-electron chi connectivity index (χ0n) is 18.8. The number of allylic oxidation sites excluding steroid dienone is 6. The van der Waals surface area contributed by atoms with Crippen LogP contribution in [0.2, 0.25) is 0 Å². The van der Waals surface area contributed by atoms with Crippen LogP contribution < -0.4 is 4.90 Å². The highest BCUT2D eigenvalue weighted by Crippen LogP contribution is 2.39. The molecule has 3 rings (SSSR count). The lowest BCUT2D eigenvalue weighted by Gasteiger charge is -2.24. The SMILES string of the molecule is CCN(CC)C1=CC(=O)C(=C2C(=O)C(=O)C(c3ccc(N(CC)CC)cc3O)=C2O)C=C1. The first-order valence-electron chi connectivity index (χ1n) is 10.8. The van der Waals surface area contributed by atoms with Gasteiger partial charge in [0.1, 0.15) is 11.5 Å². The van der Waals surface area contributed by atoms with Crippen molar-refractivity contribution in [1.29, 1.82) is 0 Å². The maximum absolute atomic E-state index is 12.8. The van der Waals surface area contributed by atoms with Crippen molar-refractivity contribution in [2.75, 3.05) is 31.1 Å². The molecular weight excluding hydrogens is 408 g/mol. The molecule has 0 saturated heterocycles. The molecule has 1 aromatic carbocycles. The van der Waals surface area contributed by atoms with Crippen LogP contribution in [0.5, 0.6) is 5.75 Å². The highest BCUT2D eigenvalue weighted by atomic mass is 16.3. The smallest absolute Gasteiger partial charge is 0.238 e. The van der Waals surface area contributed by atoms with E-state index in [1.807, 2.05) is 37.5 Å². The molecule has 7 heteroatoms. The van der Waals surface area contributed by atoms with Gasteiger partial charge in [0, 0.05) is 60.8 Å². The Morgan fingerprint density at radius 3 is 1.91 bits per heavy atom. The monoisotopic (exact) mass is 436 g/mol. The molecule has 0 atom stereocenters. The van der Waals surface area contributed by atoms with Gasteiger partial charge in [-0.05, 0) is 52.0 Å². The van der Waals surface area contributed by atoms with Crippen LogP contribution >= 0.6 is 0 Å². The Bertz CT molecular complexity index is 1100. The van der Waals surface area contributed by atoms with Crippen molar-refractivity contribution in [3.63, 3.8) is 0 Å². The topological polar surface area (TPSA) is 98.2 Å². The minimum atomic E-state index is -0.961. The Hall–Kier alpha value is -3.61. The number of anilines is 1. The second kappa shape index (κ2) is 9.26. The summed E-state index contributed by atoms with van der Waals surface area (Å²) in [6.07, 6.45) is 4.55. The highest BCUT2D eigenvalue weighted by Gasteiger charge is 2.41. The predicted octanol–water partition coefficient (Wildman–Crippen LogP) is 3.32. The number of Topliss-reactive ketones (excluding diaryl/α,β-unsaturated/α-hetero) is 2. The van der Waals surface area contributed by atoms with E-state index in [9.17, 15) is 24.6 Å². The van der Waals surface area contributed by atoms with Gasteiger partial charge in [0.2, 0.25) is 11.6 Å². The predicted molar refractivity (Wildman–Crippen MR) is 123 cm³/mol. The van der Waals surface area contributed by atoms with E-state index in [1.165, 1.54) is 24.3 Å². The first-order valence-corrected chi connectivity index (χ1v) is 10.8. The number of carbonyl (C=O) groups excluding carboxylic acids is 3. The number of aliphatic hydroxyl groups excluding tert-OH is 1. The van der Waals surface area contributed by atoms with Gasteiger partial charge in [-0.25, -0.2) is 0 Å². The van der Waals surface area contributed by atoms with Gasteiger partial charge in [-0.1, -0.05) is 0 Å². The number of rotatable bonds is 7. The summed E-state index contributed by atoms with van der Waals surface area (Å²) in [5.74, 6) is -3.18. The van der Waals surface area contributed by atoms with Crippen LogP contribution in [-0.4, -0.2) is 58.6 Å². The third-order valence-corrected chi connectivity index (χ3v) is 5.88. The molecule has 2 N–H and O–H groups in total. The van der Waals surface area contributed by atoms with Crippen molar-refractivity contribution in [1.82, 2.24) is 4.90 Å². The Morgan fingerprint density at radius 1 is 0.781 bits per heavy atom. The van der Waals surface area contributed by atoms with Gasteiger partial charge in [0.05, 0.1) is 11.1 Å². The summed E-state index contributed by atoms with van der Waals surface area (Å²) >= 11 is 0. The number of likely N-dealkylation sites (N-methyl/N-ethyl adjacent to an activating group) is 1. The summed E-state index contributed by atoms with van der Waals surface area (Å²) in [5, 5.41) is 21.4. The third-order valence-electron chi connectivity index (χ3n) is 5.88. The molecule has 2 aliphatic rings. The average molecular weight is 437 g/mol. The fraction of sp³-hybridized carbons (Fsp3) is 0.320. The molecule has 168 valence electrons. The lowest BCUT2D eigenvalue weighted by Crippen LogP contribution is -2.24. The Kier molecular flexibility index (Phi) is 6.67. The third kappa shape index (κ3) is 3.86. The van der Waals surface area contributed by atoms with Gasteiger partial charge in [0.15, 0.2) is 5.78 Å². The molecule has 0 spiro atoms. The van der Waals surface area contributed by atoms with Gasteiger partial charge in [-0.3, -0.25) is 14.4 Å². The van der Waals surface area contributed by atoms with Crippen LogP contribution in [0.15, 0.2) is 59.0 Å². The molecule has 2 aliphatic carbocycles. The van der Waals surface area contributed by atoms with Crippen molar-refractivity contribution in [3.8, 4) is 5.75 Å². The van der Waals surface area contributed by atoms with Crippen molar-refractivity contribution in [2.45, 2.75) is 27.7 Å². The van der Waals surface area contributed by atoms with Crippen LogP contribution in [0.25, 0.3) is 5.57 Å². The van der Waals surface area contributed by atoms with Crippen molar-refractivity contribution in [3.05, 3.63) is 64.6 Å². The highest BCUT2D eigenvalue weighted by molar-refractivity contribution is 6.63. The minimum absolute atomic E-state index is 0.0361. The van der Waals surface area contributed by atoms with E-state index in [0.29, 0.717) is 18.8 Å². The first kappa shape index (κ1) is 23.1. The molecule has 1 aromatic rings. The van der Waals surface area contributed by atoms with E-state index >= 15 is 0 Å². The Labute approximate surface area is 187 Å². The number of benzene rings is 1.